The van der Waals surface area contributed by atoms with E-state index in [0.717, 1.165) is 12.8 Å². The first kappa shape index (κ1) is 24.2. The molecule has 1 unspecified atom stereocenters. The average molecular weight is 317 g/mol. The Labute approximate surface area is 140 Å². The largest absolute Gasteiger partial charge is 0.396 e. The molecule has 0 amide bonds. The molecule has 2 heteroatoms. The van der Waals surface area contributed by atoms with Crippen molar-refractivity contribution in [3.8, 4) is 0 Å². The fourth-order valence-corrected chi connectivity index (χ4v) is 2.52. The van der Waals surface area contributed by atoms with E-state index < -0.39 is 0 Å². The zero-order valence-electron chi connectivity index (χ0n) is 15.8. The molecule has 0 aromatic carbocycles. The number of unbranched alkanes of at least 4 members (excludes halogenated alkanes) is 10. The molecule has 0 aliphatic rings. The lowest BCUT2D eigenvalue weighted by Gasteiger charge is -2.08. The fourth-order valence-electron chi connectivity index (χ4n) is 2.52. The summed E-state index contributed by atoms with van der Waals surface area (Å²) in [6.45, 7) is 7.32. The summed E-state index contributed by atoms with van der Waals surface area (Å²) >= 11 is 0. The van der Waals surface area contributed by atoms with E-state index in [1.165, 1.54) is 77.0 Å². The normalized spacial score (nSPS) is 11.9. The van der Waals surface area contributed by atoms with Crippen molar-refractivity contribution < 1.29 is 10.2 Å². The van der Waals surface area contributed by atoms with Crippen LogP contribution in [0.3, 0.4) is 0 Å². The SMILES string of the molecule is CCCCC(CC)CO.CCCCCCCCCCCCO. The lowest BCUT2D eigenvalue weighted by atomic mass is 10.0. The van der Waals surface area contributed by atoms with Gasteiger partial charge in [0.15, 0.2) is 0 Å². The van der Waals surface area contributed by atoms with Crippen molar-refractivity contribution in [2.45, 2.75) is 111 Å². The van der Waals surface area contributed by atoms with Crippen LogP contribution < -0.4 is 0 Å². The highest BCUT2D eigenvalue weighted by Crippen LogP contribution is 2.11. The maximum atomic E-state index is 8.75. The van der Waals surface area contributed by atoms with Gasteiger partial charge in [-0.15, -0.1) is 0 Å². The molecule has 0 aliphatic heterocycles. The summed E-state index contributed by atoms with van der Waals surface area (Å²) in [7, 11) is 0. The molecule has 0 rings (SSSR count). The van der Waals surface area contributed by atoms with Crippen molar-refractivity contribution in [3.05, 3.63) is 0 Å². The molecule has 2 nitrogen and oxygen atoms in total. The van der Waals surface area contributed by atoms with Crippen LogP contribution in [-0.2, 0) is 0 Å². The molecule has 0 heterocycles. The Morgan fingerprint density at radius 3 is 1.41 bits per heavy atom. The van der Waals surface area contributed by atoms with E-state index in [1.807, 2.05) is 0 Å². The second-order valence-corrected chi connectivity index (χ2v) is 6.50. The van der Waals surface area contributed by atoms with Gasteiger partial charge in [-0.2, -0.15) is 0 Å². The van der Waals surface area contributed by atoms with Gasteiger partial charge in [0.2, 0.25) is 0 Å². The minimum Gasteiger partial charge on any atom is -0.396 e. The van der Waals surface area contributed by atoms with E-state index >= 15 is 0 Å². The summed E-state index contributed by atoms with van der Waals surface area (Å²) in [5, 5.41) is 17.3. The highest BCUT2D eigenvalue weighted by Gasteiger charge is 2.01. The fraction of sp³-hybridized carbons (Fsp3) is 1.00. The zero-order chi connectivity index (χ0) is 16.9. The molecule has 0 aromatic rings. The van der Waals surface area contributed by atoms with Crippen LogP contribution in [0.25, 0.3) is 0 Å². The lowest BCUT2D eigenvalue weighted by molar-refractivity contribution is 0.212. The minimum atomic E-state index is 0.372. The van der Waals surface area contributed by atoms with Crippen LogP contribution in [0.4, 0.5) is 0 Å². The van der Waals surface area contributed by atoms with Gasteiger partial charge in [-0.1, -0.05) is 97.8 Å². The first-order valence-electron chi connectivity index (χ1n) is 9.98. The van der Waals surface area contributed by atoms with Crippen LogP contribution in [0.5, 0.6) is 0 Å². The van der Waals surface area contributed by atoms with E-state index in [0.29, 0.717) is 19.1 Å². The van der Waals surface area contributed by atoms with Crippen molar-refractivity contribution >= 4 is 0 Å². The number of hydrogen-bond acceptors (Lipinski definition) is 2. The molecule has 136 valence electrons. The number of aliphatic hydroxyl groups is 2. The second kappa shape index (κ2) is 23.2. The molecular weight excluding hydrogens is 272 g/mol. The van der Waals surface area contributed by atoms with Crippen molar-refractivity contribution in [2.24, 2.45) is 5.92 Å². The van der Waals surface area contributed by atoms with Crippen LogP contribution >= 0.6 is 0 Å². The molecule has 0 aliphatic carbocycles. The van der Waals surface area contributed by atoms with Crippen LogP contribution in [0, 0.1) is 5.92 Å². The van der Waals surface area contributed by atoms with Crippen molar-refractivity contribution in [1.29, 1.82) is 0 Å². The Morgan fingerprint density at radius 1 is 0.591 bits per heavy atom. The molecule has 2 N–H and O–H groups in total. The van der Waals surface area contributed by atoms with Crippen LogP contribution in [0.2, 0.25) is 0 Å². The monoisotopic (exact) mass is 316 g/mol. The van der Waals surface area contributed by atoms with Crippen molar-refractivity contribution in [3.63, 3.8) is 0 Å². The lowest BCUT2D eigenvalue weighted by Crippen LogP contribution is -2.03. The third-order valence-electron chi connectivity index (χ3n) is 4.31. The summed E-state index contributed by atoms with van der Waals surface area (Å²) in [5.74, 6) is 0.560. The molecule has 0 fully saturated rings. The zero-order valence-corrected chi connectivity index (χ0v) is 15.8. The van der Waals surface area contributed by atoms with Crippen LogP contribution in [0.1, 0.15) is 111 Å². The maximum Gasteiger partial charge on any atom is 0.0459 e. The summed E-state index contributed by atoms with van der Waals surface area (Å²) in [5.41, 5.74) is 0. The predicted octanol–water partition coefficient (Wildman–Crippen LogP) is 6.09. The topological polar surface area (TPSA) is 40.5 Å². The average Bonchev–Trinajstić information content (AvgIpc) is 2.55. The Kier molecular flexibility index (Phi) is 25.5. The van der Waals surface area contributed by atoms with Crippen molar-refractivity contribution in [2.75, 3.05) is 13.2 Å². The Balaban J connectivity index is 0. The van der Waals surface area contributed by atoms with Crippen LogP contribution in [-0.4, -0.2) is 23.4 Å². The highest BCUT2D eigenvalue weighted by atomic mass is 16.3. The summed E-state index contributed by atoms with van der Waals surface area (Å²) in [4.78, 5) is 0. The number of aliphatic hydroxyl groups excluding tert-OH is 2. The van der Waals surface area contributed by atoms with Gasteiger partial charge in [0.25, 0.3) is 0 Å². The summed E-state index contributed by atoms with van der Waals surface area (Å²) < 4.78 is 0. The molecule has 1 atom stereocenters. The highest BCUT2D eigenvalue weighted by molar-refractivity contribution is 4.53. The first-order valence-corrected chi connectivity index (χ1v) is 9.98. The first-order chi connectivity index (χ1) is 10.8. The molecular formula is C20H44O2. The predicted molar refractivity (Wildman–Crippen MR) is 99.3 cm³/mol. The molecule has 0 saturated carbocycles. The van der Waals surface area contributed by atoms with Gasteiger partial charge in [0, 0.05) is 13.2 Å². The van der Waals surface area contributed by atoms with Gasteiger partial charge in [0.05, 0.1) is 0 Å². The van der Waals surface area contributed by atoms with Gasteiger partial charge in [0.1, 0.15) is 0 Å². The standard InChI is InChI=1S/C12H26O.C8H18O/c1-2-3-4-5-6-7-8-9-10-11-12-13;1-3-5-6-8(4-2)7-9/h13H,2-12H2,1H3;8-9H,3-7H2,1-2H3. The third-order valence-corrected chi connectivity index (χ3v) is 4.31. The third kappa shape index (κ3) is 22.2. The van der Waals surface area contributed by atoms with Gasteiger partial charge in [-0.05, 0) is 18.8 Å². The van der Waals surface area contributed by atoms with E-state index in [1.54, 1.807) is 0 Å². The Bertz CT molecular complexity index is 157. The van der Waals surface area contributed by atoms with E-state index in [4.69, 9.17) is 10.2 Å². The van der Waals surface area contributed by atoms with E-state index in [-0.39, 0.29) is 0 Å². The Morgan fingerprint density at radius 2 is 1.05 bits per heavy atom. The van der Waals surface area contributed by atoms with Crippen LogP contribution in [0.15, 0.2) is 0 Å². The van der Waals surface area contributed by atoms with E-state index in [2.05, 4.69) is 20.8 Å². The molecule has 0 radical (unpaired) electrons. The molecule has 0 aromatic heterocycles. The Hall–Kier alpha value is -0.0800. The van der Waals surface area contributed by atoms with Gasteiger partial charge >= 0.3 is 0 Å². The van der Waals surface area contributed by atoms with Gasteiger partial charge in [-0.3, -0.25) is 0 Å². The quantitative estimate of drug-likeness (QED) is 0.359. The summed E-state index contributed by atoms with van der Waals surface area (Å²) in [6.07, 6.45) is 18.1. The van der Waals surface area contributed by atoms with Crippen molar-refractivity contribution in [1.82, 2.24) is 0 Å². The number of rotatable bonds is 15. The van der Waals surface area contributed by atoms with E-state index in [9.17, 15) is 0 Å². The molecule has 0 spiro atoms. The minimum absolute atomic E-state index is 0.372. The smallest absolute Gasteiger partial charge is 0.0459 e. The van der Waals surface area contributed by atoms with Gasteiger partial charge < -0.3 is 10.2 Å². The maximum absolute atomic E-state index is 8.75. The molecule has 22 heavy (non-hydrogen) atoms. The summed E-state index contributed by atoms with van der Waals surface area (Å²) in [6, 6.07) is 0. The molecule has 0 saturated heterocycles. The number of hydrogen-bond donors (Lipinski definition) is 2. The van der Waals surface area contributed by atoms with Gasteiger partial charge in [-0.25, -0.2) is 0 Å². The second-order valence-electron chi connectivity index (χ2n) is 6.50. The molecule has 0 bridgehead atoms.